The maximum Gasteiger partial charge on any atom is 0.219 e. The molecule has 0 saturated heterocycles. The second kappa shape index (κ2) is 6.79. The van der Waals surface area contributed by atoms with Gasteiger partial charge in [0.2, 0.25) is 5.91 Å². The van der Waals surface area contributed by atoms with Crippen molar-refractivity contribution < 1.29 is 9.53 Å². The minimum atomic E-state index is -0.332. The molecular formula is C17H20N2O2. The average Bonchev–Trinajstić information content (AvgIpc) is 2.48. The van der Waals surface area contributed by atoms with E-state index < -0.39 is 0 Å². The highest BCUT2D eigenvalue weighted by molar-refractivity contribution is 5.75. The number of ether oxygens (including phenoxy) is 1. The molecule has 0 aromatic heterocycles. The first-order chi connectivity index (χ1) is 10.1. The van der Waals surface area contributed by atoms with Gasteiger partial charge in [-0.05, 0) is 36.8 Å². The van der Waals surface area contributed by atoms with Gasteiger partial charge in [-0.15, -0.1) is 0 Å². The van der Waals surface area contributed by atoms with E-state index in [0.717, 1.165) is 17.0 Å². The van der Waals surface area contributed by atoms with Crippen LogP contribution in [0, 0.1) is 6.92 Å². The number of amides is 1. The van der Waals surface area contributed by atoms with Crippen LogP contribution in [-0.4, -0.2) is 13.0 Å². The monoisotopic (exact) mass is 284 g/mol. The third-order valence-corrected chi connectivity index (χ3v) is 3.32. The van der Waals surface area contributed by atoms with Crippen molar-refractivity contribution in [3.63, 3.8) is 0 Å². The number of aryl methyl sites for hydroxylation is 1. The molecule has 0 fully saturated rings. The lowest BCUT2D eigenvalue weighted by Gasteiger charge is -2.19. The van der Waals surface area contributed by atoms with Crippen LogP contribution < -0.4 is 15.8 Å². The van der Waals surface area contributed by atoms with Crippen molar-refractivity contribution in [3.8, 4) is 5.75 Å². The van der Waals surface area contributed by atoms with Crippen molar-refractivity contribution >= 4 is 11.6 Å². The van der Waals surface area contributed by atoms with Crippen LogP contribution in [0.2, 0.25) is 0 Å². The van der Waals surface area contributed by atoms with Gasteiger partial charge in [0.1, 0.15) is 5.75 Å². The zero-order chi connectivity index (χ0) is 15.2. The second-order valence-electron chi connectivity index (χ2n) is 5.01. The van der Waals surface area contributed by atoms with E-state index in [4.69, 9.17) is 10.5 Å². The molecule has 2 rings (SSSR count). The van der Waals surface area contributed by atoms with E-state index in [1.54, 1.807) is 7.11 Å². The molecular weight excluding hydrogens is 264 g/mol. The van der Waals surface area contributed by atoms with Crippen molar-refractivity contribution in [2.24, 2.45) is 5.73 Å². The van der Waals surface area contributed by atoms with Gasteiger partial charge in [-0.25, -0.2) is 0 Å². The summed E-state index contributed by atoms with van der Waals surface area (Å²) in [5.74, 6) is 0.462. The van der Waals surface area contributed by atoms with Crippen molar-refractivity contribution in [3.05, 3.63) is 59.7 Å². The highest BCUT2D eigenvalue weighted by atomic mass is 16.5. The average molecular weight is 284 g/mol. The summed E-state index contributed by atoms with van der Waals surface area (Å²) < 4.78 is 5.13. The van der Waals surface area contributed by atoms with Crippen LogP contribution in [0.5, 0.6) is 5.75 Å². The van der Waals surface area contributed by atoms with Gasteiger partial charge in [-0.2, -0.15) is 0 Å². The van der Waals surface area contributed by atoms with E-state index >= 15 is 0 Å². The minimum Gasteiger partial charge on any atom is -0.497 e. The number of primary amides is 1. The Labute approximate surface area is 124 Å². The summed E-state index contributed by atoms with van der Waals surface area (Å²) in [5.41, 5.74) is 8.50. The summed E-state index contributed by atoms with van der Waals surface area (Å²) in [4.78, 5) is 11.3. The van der Waals surface area contributed by atoms with Crippen LogP contribution in [0.1, 0.15) is 23.6 Å². The minimum absolute atomic E-state index is 0.142. The molecule has 0 radical (unpaired) electrons. The molecule has 110 valence electrons. The second-order valence-corrected chi connectivity index (χ2v) is 5.01. The van der Waals surface area contributed by atoms with Crippen LogP contribution in [0.4, 0.5) is 5.69 Å². The molecule has 0 aliphatic heterocycles. The number of benzene rings is 2. The normalized spacial score (nSPS) is 11.7. The van der Waals surface area contributed by atoms with Gasteiger partial charge in [-0.1, -0.05) is 29.8 Å². The lowest BCUT2D eigenvalue weighted by molar-refractivity contribution is -0.118. The van der Waals surface area contributed by atoms with Gasteiger partial charge in [0, 0.05) is 5.69 Å². The fourth-order valence-electron chi connectivity index (χ4n) is 2.14. The smallest absolute Gasteiger partial charge is 0.219 e. The first-order valence-electron chi connectivity index (χ1n) is 6.84. The fourth-order valence-corrected chi connectivity index (χ4v) is 2.14. The van der Waals surface area contributed by atoms with Gasteiger partial charge in [0.15, 0.2) is 0 Å². The summed E-state index contributed by atoms with van der Waals surface area (Å²) in [5, 5.41) is 3.34. The number of nitrogens with one attached hydrogen (secondary N) is 1. The van der Waals surface area contributed by atoms with Crippen LogP contribution in [0.25, 0.3) is 0 Å². The summed E-state index contributed by atoms with van der Waals surface area (Å²) in [6, 6.07) is 15.5. The Bertz CT molecular complexity index is 591. The highest BCUT2D eigenvalue weighted by Crippen LogP contribution is 2.24. The van der Waals surface area contributed by atoms with Gasteiger partial charge >= 0.3 is 0 Å². The quantitative estimate of drug-likeness (QED) is 0.857. The molecule has 2 aromatic rings. The Balaban J connectivity index is 2.19. The third kappa shape index (κ3) is 4.24. The number of nitrogens with two attached hydrogens (primary N) is 1. The molecule has 4 nitrogen and oxygen atoms in total. The van der Waals surface area contributed by atoms with Gasteiger partial charge in [-0.3, -0.25) is 4.79 Å². The molecule has 0 saturated carbocycles. The molecule has 0 heterocycles. The lowest BCUT2D eigenvalue weighted by Crippen LogP contribution is -2.20. The van der Waals surface area contributed by atoms with Crippen LogP contribution in [0.3, 0.4) is 0 Å². The Morgan fingerprint density at radius 2 is 1.76 bits per heavy atom. The number of methoxy groups -OCH3 is 1. The first kappa shape index (κ1) is 14.9. The molecule has 0 aliphatic carbocycles. The number of carbonyl (C=O) groups excluding carboxylic acids is 1. The van der Waals surface area contributed by atoms with Gasteiger partial charge in [0.05, 0.1) is 19.6 Å². The van der Waals surface area contributed by atoms with E-state index in [2.05, 4.69) is 5.32 Å². The van der Waals surface area contributed by atoms with Crippen molar-refractivity contribution in [2.75, 3.05) is 12.4 Å². The standard InChI is InChI=1S/C17H20N2O2/c1-12-3-5-13(6-4-12)16(11-17(18)20)19-14-7-9-15(21-2)10-8-14/h3-10,16,19H,11H2,1-2H3,(H2,18,20). The maximum absolute atomic E-state index is 11.3. The van der Waals surface area contributed by atoms with Crippen molar-refractivity contribution in [2.45, 2.75) is 19.4 Å². The van der Waals surface area contributed by atoms with Gasteiger partial charge < -0.3 is 15.8 Å². The molecule has 2 aromatic carbocycles. The Morgan fingerprint density at radius 1 is 1.14 bits per heavy atom. The number of rotatable bonds is 6. The maximum atomic E-state index is 11.3. The predicted octanol–water partition coefficient (Wildman–Crippen LogP) is 3.03. The summed E-state index contributed by atoms with van der Waals surface area (Å²) >= 11 is 0. The first-order valence-corrected chi connectivity index (χ1v) is 6.84. The highest BCUT2D eigenvalue weighted by Gasteiger charge is 2.14. The van der Waals surface area contributed by atoms with E-state index in [-0.39, 0.29) is 18.4 Å². The molecule has 0 bridgehead atoms. The van der Waals surface area contributed by atoms with Crippen LogP contribution >= 0.6 is 0 Å². The predicted molar refractivity (Wildman–Crippen MR) is 84.3 cm³/mol. The molecule has 1 amide bonds. The Kier molecular flexibility index (Phi) is 4.82. The molecule has 0 spiro atoms. The van der Waals surface area contributed by atoms with E-state index in [1.807, 2.05) is 55.5 Å². The number of hydrogen-bond acceptors (Lipinski definition) is 3. The zero-order valence-corrected chi connectivity index (χ0v) is 12.3. The third-order valence-electron chi connectivity index (χ3n) is 3.32. The number of hydrogen-bond donors (Lipinski definition) is 2. The largest absolute Gasteiger partial charge is 0.497 e. The molecule has 21 heavy (non-hydrogen) atoms. The number of carbonyl (C=O) groups is 1. The number of anilines is 1. The molecule has 4 heteroatoms. The summed E-state index contributed by atoms with van der Waals surface area (Å²) in [6.07, 6.45) is 0.245. The van der Waals surface area contributed by atoms with Crippen LogP contribution in [0.15, 0.2) is 48.5 Å². The lowest BCUT2D eigenvalue weighted by atomic mass is 10.0. The Hall–Kier alpha value is -2.49. The molecule has 1 atom stereocenters. The zero-order valence-electron chi connectivity index (χ0n) is 12.3. The van der Waals surface area contributed by atoms with Crippen LogP contribution in [-0.2, 0) is 4.79 Å². The summed E-state index contributed by atoms with van der Waals surface area (Å²) in [7, 11) is 1.63. The molecule has 3 N–H and O–H groups in total. The Morgan fingerprint density at radius 3 is 2.29 bits per heavy atom. The summed E-state index contributed by atoms with van der Waals surface area (Å²) in [6.45, 7) is 2.03. The fraction of sp³-hybridized carbons (Fsp3) is 0.235. The SMILES string of the molecule is COc1ccc(NC(CC(N)=O)c2ccc(C)cc2)cc1. The van der Waals surface area contributed by atoms with Gasteiger partial charge in [0.25, 0.3) is 0 Å². The van der Waals surface area contributed by atoms with E-state index in [9.17, 15) is 4.79 Å². The van der Waals surface area contributed by atoms with E-state index in [0.29, 0.717) is 0 Å². The van der Waals surface area contributed by atoms with Crippen molar-refractivity contribution in [1.29, 1.82) is 0 Å². The van der Waals surface area contributed by atoms with E-state index in [1.165, 1.54) is 5.56 Å². The molecule has 0 aliphatic rings. The van der Waals surface area contributed by atoms with Crippen molar-refractivity contribution in [1.82, 2.24) is 0 Å². The topological polar surface area (TPSA) is 64.3 Å². The molecule has 1 unspecified atom stereocenters.